The predicted octanol–water partition coefficient (Wildman–Crippen LogP) is 4.89. The van der Waals surface area contributed by atoms with Crippen molar-refractivity contribution in [2.24, 2.45) is 5.92 Å². The first kappa shape index (κ1) is 21.6. The van der Waals surface area contributed by atoms with Crippen molar-refractivity contribution >= 4 is 35.1 Å². The van der Waals surface area contributed by atoms with Crippen molar-refractivity contribution in [3.8, 4) is 0 Å². The molecule has 1 atom stereocenters. The molecule has 0 aliphatic carbocycles. The molecule has 0 radical (unpaired) electrons. The smallest absolute Gasteiger partial charge is 0.319 e. The van der Waals surface area contributed by atoms with E-state index in [1.54, 1.807) is 42.1 Å². The summed E-state index contributed by atoms with van der Waals surface area (Å²) in [6.45, 7) is 8.06. The quantitative estimate of drug-likeness (QED) is 0.528. The third-order valence-electron chi connectivity index (χ3n) is 3.95. The van der Waals surface area contributed by atoms with Crippen LogP contribution in [0.25, 0.3) is 0 Å². The Morgan fingerprint density at radius 1 is 1.00 bits per heavy atom. The fourth-order valence-corrected chi connectivity index (χ4v) is 3.68. The van der Waals surface area contributed by atoms with Crippen molar-refractivity contribution in [2.75, 3.05) is 17.2 Å². The van der Waals surface area contributed by atoms with Gasteiger partial charge in [0.25, 0.3) is 0 Å². The molecular formula is C22H27N3O2S. The van der Waals surface area contributed by atoms with Gasteiger partial charge in [0, 0.05) is 23.7 Å². The topological polar surface area (TPSA) is 70.2 Å². The van der Waals surface area contributed by atoms with Gasteiger partial charge in [0.2, 0.25) is 5.91 Å². The molecule has 0 aliphatic heterocycles. The summed E-state index contributed by atoms with van der Waals surface area (Å²) in [5, 5.41) is 8.19. The molecule has 0 saturated carbocycles. The van der Waals surface area contributed by atoms with Crippen LogP contribution in [0.2, 0.25) is 0 Å². The Hall–Kier alpha value is -2.73. The molecule has 0 aromatic heterocycles. The lowest BCUT2D eigenvalue weighted by Crippen LogP contribution is -2.30. The molecule has 0 heterocycles. The highest BCUT2D eigenvalue weighted by Crippen LogP contribution is 2.25. The van der Waals surface area contributed by atoms with Gasteiger partial charge in [0.1, 0.15) is 0 Å². The van der Waals surface area contributed by atoms with Crippen molar-refractivity contribution < 1.29 is 9.59 Å². The van der Waals surface area contributed by atoms with Gasteiger partial charge in [0.05, 0.1) is 5.25 Å². The van der Waals surface area contributed by atoms with Gasteiger partial charge in [-0.1, -0.05) is 50.3 Å². The van der Waals surface area contributed by atoms with Gasteiger partial charge in [-0.05, 0) is 35.7 Å². The minimum Gasteiger partial charge on any atom is -0.334 e. The SMILES string of the molecule is C=CCNC(=O)Nc1ccc(NC(=O)C(SCc2ccccc2)C(C)C)cc1. The molecule has 0 fully saturated rings. The summed E-state index contributed by atoms with van der Waals surface area (Å²) in [7, 11) is 0. The van der Waals surface area contributed by atoms with Crippen LogP contribution < -0.4 is 16.0 Å². The predicted molar refractivity (Wildman–Crippen MR) is 119 cm³/mol. The molecule has 3 N–H and O–H groups in total. The number of rotatable bonds is 9. The average Bonchev–Trinajstić information content (AvgIpc) is 2.68. The Balaban J connectivity index is 1.91. The molecule has 2 rings (SSSR count). The zero-order valence-electron chi connectivity index (χ0n) is 16.3. The number of hydrogen-bond donors (Lipinski definition) is 3. The summed E-state index contributed by atoms with van der Waals surface area (Å²) in [5.74, 6) is 0.989. The highest BCUT2D eigenvalue weighted by molar-refractivity contribution is 7.99. The number of amides is 3. The molecule has 0 aliphatic rings. The van der Waals surface area contributed by atoms with Crippen molar-refractivity contribution in [3.05, 3.63) is 72.8 Å². The van der Waals surface area contributed by atoms with Crippen LogP contribution in [0.5, 0.6) is 0 Å². The lowest BCUT2D eigenvalue weighted by atomic mass is 10.1. The number of urea groups is 1. The summed E-state index contributed by atoms with van der Waals surface area (Å²) < 4.78 is 0. The first-order valence-corrected chi connectivity index (χ1v) is 10.3. The number of carbonyl (C=O) groups is 2. The molecule has 2 aromatic rings. The van der Waals surface area contributed by atoms with Crippen molar-refractivity contribution in [1.82, 2.24) is 5.32 Å². The van der Waals surface area contributed by atoms with E-state index in [0.29, 0.717) is 17.9 Å². The number of thioether (sulfide) groups is 1. The summed E-state index contributed by atoms with van der Waals surface area (Å²) in [6.07, 6.45) is 1.61. The van der Waals surface area contributed by atoms with Gasteiger partial charge in [-0.2, -0.15) is 0 Å². The molecule has 6 heteroatoms. The maximum atomic E-state index is 12.7. The molecule has 1 unspecified atom stereocenters. The van der Waals surface area contributed by atoms with E-state index < -0.39 is 0 Å². The van der Waals surface area contributed by atoms with Crippen molar-refractivity contribution in [2.45, 2.75) is 24.9 Å². The van der Waals surface area contributed by atoms with E-state index in [9.17, 15) is 9.59 Å². The van der Waals surface area contributed by atoms with Gasteiger partial charge >= 0.3 is 6.03 Å². The standard InChI is InChI=1S/C22H27N3O2S/c1-4-14-23-22(27)25-19-12-10-18(11-13-19)24-21(26)20(16(2)3)28-15-17-8-6-5-7-9-17/h4-13,16,20H,1,14-15H2,2-3H3,(H,24,26)(H2,23,25,27). The number of benzene rings is 2. The Morgan fingerprint density at radius 3 is 2.18 bits per heavy atom. The minimum atomic E-state index is -0.297. The molecule has 3 amide bonds. The fraction of sp³-hybridized carbons (Fsp3) is 0.273. The highest BCUT2D eigenvalue weighted by Gasteiger charge is 2.22. The maximum absolute atomic E-state index is 12.7. The number of carbonyl (C=O) groups excluding carboxylic acids is 2. The Bertz CT molecular complexity index is 776. The summed E-state index contributed by atoms with van der Waals surface area (Å²) in [4.78, 5) is 24.4. The van der Waals surface area contributed by atoms with Crippen LogP contribution in [0.3, 0.4) is 0 Å². The van der Waals surface area contributed by atoms with E-state index in [1.807, 2.05) is 18.2 Å². The molecule has 0 spiro atoms. The number of nitrogens with one attached hydrogen (secondary N) is 3. The van der Waals surface area contributed by atoms with Crippen LogP contribution in [0.15, 0.2) is 67.3 Å². The molecule has 5 nitrogen and oxygen atoms in total. The second-order valence-corrected chi connectivity index (χ2v) is 7.78. The van der Waals surface area contributed by atoms with Crippen molar-refractivity contribution in [3.63, 3.8) is 0 Å². The van der Waals surface area contributed by atoms with Crippen LogP contribution in [0, 0.1) is 5.92 Å². The van der Waals surface area contributed by atoms with Crippen LogP contribution in [0.1, 0.15) is 19.4 Å². The lowest BCUT2D eigenvalue weighted by molar-refractivity contribution is -0.116. The van der Waals surface area contributed by atoms with E-state index >= 15 is 0 Å². The van der Waals surface area contributed by atoms with E-state index in [1.165, 1.54) is 5.56 Å². The monoisotopic (exact) mass is 397 g/mol. The van der Waals surface area contributed by atoms with Gasteiger partial charge in [0.15, 0.2) is 0 Å². The molecule has 148 valence electrons. The second-order valence-electron chi connectivity index (χ2n) is 6.65. The summed E-state index contributed by atoms with van der Waals surface area (Å²) in [6, 6.07) is 16.9. The molecule has 0 saturated heterocycles. The third-order valence-corrected chi connectivity index (χ3v) is 5.57. The first-order chi connectivity index (χ1) is 13.5. The summed E-state index contributed by atoms with van der Waals surface area (Å²) in [5.41, 5.74) is 2.56. The number of hydrogen-bond acceptors (Lipinski definition) is 3. The largest absolute Gasteiger partial charge is 0.334 e. The fourth-order valence-electron chi connectivity index (χ4n) is 2.52. The Kier molecular flexibility index (Phi) is 8.62. The van der Waals surface area contributed by atoms with Gasteiger partial charge in [-0.25, -0.2) is 4.79 Å². The van der Waals surface area contributed by atoms with Crippen LogP contribution >= 0.6 is 11.8 Å². The zero-order valence-corrected chi connectivity index (χ0v) is 17.1. The third kappa shape index (κ3) is 7.12. The van der Waals surface area contributed by atoms with E-state index in [0.717, 1.165) is 5.75 Å². The molecule has 2 aromatic carbocycles. The second kappa shape index (κ2) is 11.2. The van der Waals surface area contributed by atoms with Gasteiger partial charge < -0.3 is 16.0 Å². The molecular weight excluding hydrogens is 370 g/mol. The van der Waals surface area contributed by atoms with Gasteiger partial charge in [-0.3, -0.25) is 4.79 Å². The van der Waals surface area contributed by atoms with E-state index in [2.05, 4.69) is 48.5 Å². The Morgan fingerprint density at radius 2 is 1.61 bits per heavy atom. The maximum Gasteiger partial charge on any atom is 0.319 e. The summed E-state index contributed by atoms with van der Waals surface area (Å²) >= 11 is 1.64. The molecule has 28 heavy (non-hydrogen) atoms. The average molecular weight is 398 g/mol. The molecule has 0 bridgehead atoms. The van der Waals surface area contributed by atoms with Crippen molar-refractivity contribution in [1.29, 1.82) is 0 Å². The lowest BCUT2D eigenvalue weighted by Gasteiger charge is -2.20. The van der Waals surface area contributed by atoms with Crippen LogP contribution in [-0.4, -0.2) is 23.7 Å². The van der Waals surface area contributed by atoms with Crippen LogP contribution in [-0.2, 0) is 10.5 Å². The van der Waals surface area contributed by atoms with E-state index in [-0.39, 0.29) is 23.1 Å². The van der Waals surface area contributed by atoms with Crippen LogP contribution in [0.4, 0.5) is 16.2 Å². The number of anilines is 2. The van der Waals surface area contributed by atoms with Gasteiger partial charge in [-0.15, -0.1) is 18.3 Å². The minimum absolute atomic E-state index is 0.0135. The zero-order chi connectivity index (χ0) is 20.4. The first-order valence-electron chi connectivity index (χ1n) is 9.21. The highest BCUT2D eigenvalue weighted by atomic mass is 32.2. The van der Waals surface area contributed by atoms with E-state index in [4.69, 9.17) is 0 Å². The normalized spacial score (nSPS) is 11.5. The Labute approximate surface area is 171 Å².